The topological polar surface area (TPSA) is 58.4 Å². The smallest absolute Gasteiger partial charge is 0.289 e. The number of carbonyl (C=O) groups is 1. The lowest BCUT2D eigenvalue weighted by Crippen LogP contribution is -2.34. The molecule has 1 fully saturated rings. The van der Waals surface area contributed by atoms with E-state index in [9.17, 15) is 13.6 Å². The van der Waals surface area contributed by atoms with Gasteiger partial charge in [-0.2, -0.15) is 0 Å². The summed E-state index contributed by atoms with van der Waals surface area (Å²) in [6.45, 7) is 4.75. The molecule has 1 amide bonds. The molecule has 1 saturated heterocycles. The fraction of sp³-hybridized carbons (Fsp3) is 0.474. The first kappa shape index (κ1) is 18.5. The van der Waals surface area contributed by atoms with Crippen LogP contribution in [0.2, 0.25) is 0 Å². The van der Waals surface area contributed by atoms with Crippen molar-refractivity contribution >= 4 is 5.91 Å². The third-order valence-corrected chi connectivity index (χ3v) is 4.60. The van der Waals surface area contributed by atoms with Crippen LogP contribution in [0.25, 0.3) is 0 Å². The minimum atomic E-state index is -0.832. The van der Waals surface area contributed by atoms with Crippen LogP contribution in [-0.2, 0) is 6.54 Å². The van der Waals surface area contributed by atoms with E-state index in [1.807, 2.05) is 6.92 Å². The highest BCUT2D eigenvalue weighted by molar-refractivity contribution is 5.91. The van der Waals surface area contributed by atoms with Crippen molar-refractivity contribution < 1.29 is 18.1 Å². The Morgan fingerprint density at radius 2 is 2.19 bits per heavy atom. The molecule has 1 aliphatic heterocycles. The summed E-state index contributed by atoms with van der Waals surface area (Å²) in [5.41, 5.74) is 1.51. The van der Waals surface area contributed by atoms with E-state index in [1.54, 1.807) is 12.1 Å². The molecule has 3 rings (SSSR count). The molecule has 1 aromatic carbocycles. The Kier molecular flexibility index (Phi) is 5.98. The number of hydrogen-bond donors (Lipinski definition) is 1. The standard InChI is InChI=1S/C19H23F2N3O2/c1-2-7-22-19(25)18-10-17(23-26-18)14-4-3-8-24(12-14)11-13-5-6-15(20)16(21)9-13/h5-6,9-10,14H,2-4,7-8,11-12H2,1H3,(H,22,25)/t14-/m0/s1. The molecular weight excluding hydrogens is 340 g/mol. The number of halogens is 2. The van der Waals surface area contributed by atoms with Crippen molar-refractivity contribution in [1.29, 1.82) is 0 Å². The highest BCUT2D eigenvalue weighted by Crippen LogP contribution is 2.27. The lowest BCUT2D eigenvalue weighted by Gasteiger charge is -2.31. The molecule has 0 saturated carbocycles. The van der Waals surface area contributed by atoms with Gasteiger partial charge in [-0.1, -0.05) is 18.1 Å². The average Bonchev–Trinajstić information content (AvgIpc) is 3.13. The second kappa shape index (κ2) is 8.40. The molecular formula is C19H23F2N3O2. The van der Waals surface area contributed by atoms with E-state index in [0.29, 0.717) is 13.1 Å². The Balaban J connectivity index is 1.62. The van der Waals surface area contributed by atoms with E-state index in [4.69, 9.17) is 4.52 Å². The molecule has 1 N–H and O–H groups in total. The predicted molar refractivity (Wildman–Crippen MR) is 92.7 cm³/mol. The fourth-order valence-electron chi connectivity index (χ4n) is 3.25. The summed E-state index contributed by atoms with van der Waals surface area (Å²) < 4.78 is 31.6. The lowest BCUT2D eigenvalue weighted by molar-refractivity contribution is 0.0916. The molecule has 7 heteroatoms. The van der Waals surface area contributed by atoms with E-state index < -0.39 is 11.6 Å². The monoisotopic (exact) mass is 363 g/mol. The van der Waals surface area contributed by atoms with Crippen molar-refractivity contribution in [2.75, 3.05) is 19.6 Å². The summed E-state index contributed by atoms with van der Waals surface area (Å²) in [4.78, 5) is 14.1. The zero-order valence-electron chi connectivity index (χ0n) is 14.8. The van der Waals surface area contributed by atoms with Crippen LogP contribution >= 0.6 is 0 Å². The largest absolute Gasteiger partial charge is 0.351 e. The molecule has 2 aromatic rings. The van der Waals surface area contributed by atoms with Crippen LogP contribution in [0.3, 0.4) is 0 Å². The molecule has 140 valence electrons. The van der Waals surface area contributed by atoms with Gasteiger partial charge in [0, 0.05) is 31.6 Å². The maximum Gasteiger partial charge on any atom is 0.289 e. The van der Waals surface area contributed by atoms with Crippen molar-refractivity contribution in [3.05, 3.63) is 52.9 Å². The number of benzene rings is 1. The van der Waals surface area contributed by atoms with Gasteiger partial charge in [-0.3, -0.25) is 9.69 Å². The Morgan fingerprint density at radius 3 is 2.96 bits per heavy atom. The van der Waals surface area contributed by atoms with Gasteiger partial charge in [-0.25, -0.2) is 8.78 Å². The zero-order valence-corrected chi connectivity index (χ0v) is 14.8. The van der Waals surface area contributed by atoms with Crippen LogP contribution in [0.4, 0.5) is 8.78 Å². The Bertz CT molecular complexity index is 763. The minimum absolute atomic E-state index is 0.158. The number of piperidine rings is 1. The summed E-state index contributed by atoms with van der Waals surface area (Å²) in [5.74, 6) is -1.52. The third-order valence-electron chi connectivity index (χ3n) is 4.60. The zero-order chi connectivity index (χ0) is 18.5. The van der Waals surface area contributed by atoms with E-state index in [-0.39, 0.29) is 17.6 Å². The number of nitrogens with zero attached hydrogens (tertiary/aromatic N) is 2. The van der Waals surface area contributed by atoms with Gasteiger partial charge in [-0.15, -0.1) is 0 Å². The first-order chi connectivity index (χ1) is 12.6. The first-order valence-electron chi connectivity index (χ1n) is 8.98. The van der Waals surface area contributed by atoms with Crippen LogP contribution in [0.15, 0.2) is 28.8 Å². The van der Waals surface area contributed by atoms with Crippen molar-refractivity contribution in [2.24, 2.45) is 0 Å². The van der Waals surface area contributed by atoms with Crippen LogP contribution in [0, 0.1) is 11.6 Å². The van der Waals surface area contributed by atoms with Crippen LogP contribution in [0.5, 0.6) is 0 Å². The van der Waals surface area contributed by atoms with Crippen molar-refractivity contribution in [2.45, 2.75) is 38.6 Å². The summed E-state index contributed by atoms with van der Waals surface area (Å²) in [5, 5.41) is 6.83. The molecule has 0 aliphatic carbocycles. The van der Waals surface area contributed by atoms with E-state index in [2.05, 4.69) is 15.4 Å². The summed E-state index contributed by atoms with van der Waals surface area (Å²) in [7, 11) is 0. The molecule has 0 unspecified atom stereocenters. The number of likely N-dealkylation sites (tertiary alicyclic amines) is 1. The Morgan fingerprint density at radius 1 is 1.35 bits per heavy atom. The van der Waals surface area contributed by atoms with E-state index in [0.717, 1.165) is 49.7 Å². The molecule has 1 atom stereocenters. The molecule has 1 aliphatic rings. The van der Waals surface area contributed by atoms with Gasteiger partial charge < -0.3 is 9.84 Å². The van der Waals surface area contributed by atoms with Gasteiger partial charge in [0.1, 0.15) is 0 Å². The Hall–Kier alpha value is -2.28. The lowest BCUT2D eigenvalue weighted by atomic mass is 9.94. The number of nitrogens with one attached hydrogen (secondary N) is 1. The van der Waals surface area contributed by atoms with Gasteiger partial charge in [0.05, 0.1) is 5.69 Å². The second-order valence-corrected chi connectivity index (χ2v) is 6.69. The second-order valence-electron chi connectivity index (χ2n) is 6.69. The first-order valence-corrected chi connectivity index (χ1v) is 8.98. The third kappa shape index (κ3) is 4.46. The SMILES string of the molecule is CCCNC(=O)c1cc([C@H]2CCCN(Cc3ccc(F)c(F)c3)C2)no1. The quantitative estimate of drug-likeness (QED) is 0.854. The van der Waals surface area contributed by atoms with Gasteiger partial charge in [0.15, 0.2) is 11.6 Å². The van der Waals surface area contributed by atoms with Crippen molar-refractivity contribution in [3.8, 4) is 0 Å². The maximum absolute atomic E-state index is 13.4. The number of amides is 1. The van der Waals surface area contributed by atoms with E-state index in [1.165, 1.54) is 6.07 Å². The van der Waals surface area contributed by atoms with Gasteiger partial charge >= 0.3 is 0 Å². The van der Waals surface area contributed by atoms with Gasteiger partial charge in [0.25, 0.3) is 5.91 Å². The maximum atomic E-state index is 13.4. The van der Waals surface area contributed by atoms with Crippen LogP contribution < -0.4 is 5.32 Å². The summed E-state index contributed by atoms with van der Waals surface area (Å²) >= 11 is 0. The molecule has 0 radical (unpaired) electrons. The van der Waals surface area contributed by atoms with E-state index >= 15 is 0 Å². The summed E-state index contributed by atoms with van der Waals surface area (Å²) in [6, 6.07) is 5.71. The van der Waals surface area contributed by atoms with Crippen LogP contribution in [0.1, 0.15) is 53.9 Å². The molecule has 2 heterocycles. The molecule has 5 nitrogen and oxygen atoms in total. The number of carbonyl (C=O) groups excluding carboxylic acids is 1. The van der Waals surface area contributed by atoms with Gasteiger partial charge in [0.2, 0.25) is 5.76 Å². The number of hydrogen-bond acceptors (Lipinski definition) is 4. The van der Waals surface area contributed by atoms with Crippen LogP contribution in [-0.4, -0.2) is 35.6 Å². The highest BCUT2D eigenvalue weighted by atomic mass is 19.2. The molecule has 26 heavy (non-hydrogen) atoms. The van der Waals surface area contributed by atoms with Gasteiger partial charge in [-0.05, 0) is 43.5 Å². The Labute approximate surface area is 151 Å². The fourth-order valence-corrected chi connectivity index (χ4v) is 3.25. The average molecular weight is 363 g/mol. The van der Waals surface area contributed by atoms with Crippen molar-refractivity contribution in [3.63, 3.8) is 0 Å². The molecule has 0 bridgehead atoms. The van der Waals surface area contributed by atoms with Crippen molar-refractivity contribution in [1.82, 2.24) is 15.4 Å². The predicted octanol–water partition coefficient (Wildman–Crippen LogP) is 3.47. The minimum Gasteiger partial charge on any atom is -0.351 e. The highest BCUT2D eigenvalue weighted by Gasteiger charge is 2.25. The molecule has 1 aromatic heterocycles. The number of aromatic nitrogens is 1. The molecule has 0 spiro atoms. The summed E-state index contributed by atoms with van der Waals surface area (Å²) in [6.07, 6.45) is 2.78. The number of rotatable bonds is 6. The normalized spacial score (nSPS) is 18.0.